The van der Waals surface area contributed by atoms with Crippen LogP contribution in [-0.2, 0) is 5.54 Å². The molecule has 0 saturated heterocycles. The van der Waals surface area contributed by atoms with Crippen molar-refractivity contribution < 1.29 is 0 Å². The van der Waals surface area contributed by atoms with Crippen molar-refractivity contribution in [2.24, 2.45) is 5.73 Å². The summed E-state index contributed by atoms with van der Waals surface area (Å²) in [6.45, 7) is 4.00. The summed E-state index contributed by atoms with van der Waals surface area (Å²) < 4.78 is 0. The van der Waals surface area contributed by atoms with Gasteiger partial charge in [-0.3, -0.25) is 4.98 Å². The number of hydrogen-bond acceptors (Lipinski definition) is 3. The Balaban J connectivity index is 0.000000457. The molecule has 1 aliphatic rings. The highest BCUT2D eigenvalue weighted by molar-refractivity contribution is 5.73. The van der Waals surface area contributed by atoms with Crippen LogP contribution in [0.4, 0.5) is 0 Å². The number of rotatable bonds is 1. The van der Waals surface area contributed by atoms with Crippen molar-refractivity contribution in [1.82, 2.24) is 9.97 Å². The second-order valence-electron chi connectivity index (χ2n) is 3.89. The van der Waals surface area contributed by atoms with Gasteiger partial charge in [0.1, 0.15) is 0 Å². The normalized spacial score (nSPS) is 16.4. The van der Waals surface area contributed by atoms with Gasteiger partial charge in [0.05, 0.1) is 22.3 Å². The minimum atomic E-state index is -0.149. The molecule has 0 amide bonds. The highest BCUT2D eigenvalue weighted by Gasteiger charge is 2.41. The quantitative estimate of drug-likeness (QED) is 0.795. The lowest BCUT2D eigenvalue weighted by molar-refractivity contribution is 0.712. The largest absolute Gasteiger partial charge is 0.320 e. The Labute approximate surface area is 95.7 Å². The summed E-state index contributed by atoms with van der Waals surface area (Å²) >= 11 is 0. The SMILES string of the molecule is CC.NC1(c2ccc3ncccc3n2)CC1. The Morgan fingerprint density at radius 1 is 1.12 bits per heavy atom. The molecule has 16 heavy (non-hydrogen) atoms. The fourth-order valence-corrected chi connectivity index (χ4v) is 1.62. The molecule has 0 aromatic carbocycles. The van der Waals surface area contributed by atoms with E-state index in [1.807, 2.05) is 38.1 Å². The average molecular weight is 215 g/mol. The molecule has 1 fully saturated rings. The molecular weight excluding hydrogens is 198 g/mol. The molecule has 0 atom stereocenters. The first-order valence-electron chi connectivity index (χ1n) is 5.79. The lowest BCUT2D eigenvalue weighted by atomic mass is 10.1. The molecule has 1 aliphatic carbocycles. The molecule has 2 aromatic rings. The van der Waals surface area contributed by atoms with Gasteiger partial charge in [-0.25, -0.2) is 4.98 Å². The van der Waals surface area contributed by atoms with Gasteiger partial charge in [0.15, 0.2) is 0 Å². The topological polar surface area (TPSA) is 51.8 Å². The Morgan fingerprint density at radius 2 is 1.88 bits per heavy atom. The van der Waals surface area contributed by atoms with Gasteiger partial charge in [-0.1, -0.05) is 13.8 Å². The highest BCUT2D eigenvalue weighted by atomic mass is 14.9. The molecule has 0 unspecified atom stereocenters. The second-order valence-corrected chi connectivity index (χ2v) is 3.89. The maximum Gasteiger partial charge on any atom is 0.0890 e. The Bertz CT molecular complexity index is 489. The van der Waals surface area contributed by atoms with Crippen LogP contribution in [0.1, 0.15) is 32.4 Å². The summed E-state index contributed by atoms with van der Waals surface area (Å²) in [6.07, 6.45) is 3.87. The van der Waals surface area contributed by atoms with E-state index >= 15 is 0 Å². The summed E-state index contributed by atoms with van der Waals surface area (Å²) in [4.78, 5) is 8.74. The van der Waals surface area contributed by atoms with E-state index < -0.39 is 0 Å². The third kappa shape index (κ3) is 1.91. The van der Waals surface area contributed by atoms with Crippen molar-refractivity contribution in [3.63, 3.8) is 0 Å². The van der Waals surface area contributed by atoms with Crippen LogP contribution in [0.2, 0.25) is 0 Å². The molecular formula is C13H17N3. The van der Waals surface area contributed by atoms with Gasteiger partial charge in [-0.05, 0) is 37.1 Å². The van der Waals surface area contributed by atoms with Crippen molar-refractivity contribution in [2.75, 3.05) is 0 Å². The standard InChI is InChI=1S/C11H11N3.C2H6/c12-11(5-6-11)10-4-3-8-9(14-10)2-1-7-13-8;1-2/h1-4,7H,5-6,12H2;1-2H3. The van der Waals surface area contributed by atoms with Crippen molar-refractivity contribution in [3.05, 3.63) is 36.2 Å². The summed E-state index contributed by atoms with van der Waals surface area (Å²) in [5.41, 5.74) is 8.79. The number of aromatic nitrogens is 2. The number of nitrogens with zero attached hydrogens (tertiary/aromatic N) is 2. The fraction of sp³-hybridized carbons (Fsp3) is 0.385. The van der Waals surface area contributed by atoms with Gasteiger partial charge in [-0.2, -0.15) is 0 Å². The molecule has 0 spiro atoms. The summed E-state index contributed by atoms with van der Waals surface area (Å²) in [5.74, 6) is 0. The molecule has 2 heterocycles. The van der Waals surface area contributed by atoms with E-state index in [1.54, 1.807) is 6.20 Å². The first kappa shape index (κ1) is 11.0. The Hall–Kier alpha value is -1.48. The maximum atomic E-state index is 6.08. The van der Waals surface area contributed by atoms with Crippen LogP contribution in [0.5, 0.6) is 0 Å². The van der Waals surface area contributed by atoms with Gasteiger partial charge in [-0.15, -0.1) is 0 Å². The lowest BCUT2D eigenvalue weighted by Gasteiger charge is -2.07. The predicted octanol–water partition coefficient (Wildman–Crippen LogP) is 2.60. The van der Waals surface area contributed by atoms with Crippen molar-refractivity contribution in [3.8, 4) is 0 Å². The third-order valence-electron chi connectivity index (χ3n) is 2.75. The average Bonchev–Trinajstić information content (AvgIpc) is 3.11. The molecule has 0 bridgehead atoms. The minimum Gasteiger partial charge on any atom is -0.320 e. The molecule has 3 nitrogen and oxygen atoms in total. The number of hydrogen-bond donors (Lipinski definition) is 1. The van der Waals surface area contributed by atoms with Gasteiger partial charge < -0.3 is 5.73 Å². The van der Waals surface area contributed by atoms with Crippen molar-refractivity contribution in [2.45, 2.75) is 32.2 Å². The van der Waals surface area contributed by atoms with Crippen LogP contribution in [0.15, 0.2) is 30.5 Å². The van der Waals surface area contributed by atoms with Crippen LogP contribution in [0.25, 0.3) is 11.0 Å². The van der Waals surface area contributed by atoms with Crippen LogP contribution < -0.4 is 5.73 Å². The second kappa shape index (κ2) is 4.18. The lowest BCUT2D eigenvalue weighted by Crippen LogP contribution is -2.20. The number of fused-ring (bicyclic) bond motifs is 1. The zero-order valence-electron chi connectivity index (χ0n) is 9.77. The van der Waals surface area contributed by atoms with Gasteiger partial charge in [0.2, 0.25) is 0 Å². The van der Waals surface area contributed by atoms with Crippen molar-refractivity contribution >= 4 is 11.0 Å². The molecule has 1 saturated carbocycles. The molecule has 3 rings (SSSR count). The first-order chi connectivity index (χ1) is 7.78. The summed E-state index contributed by atoms with van der Waals surface area (Å²) in [6, 6.07) is 7.85. The molecule has 2 aromatic heterocycles. The number of nitrogens with two attached hydrogens (primary N) is 1. The zero-order chi connectivity index (χ0) is 11.6. The van der Waals surface area contributed by atoms with E-state index in [1.165, 1.54) is 0 Å². The molecule has 0 radical (unpaired) electrons. The molecule has 0 aliphatic heterocycles. The maximum absolute atomic E-state index is 6.08. The van der Waals surface area contributed by atoms with Crippen LogP contribution >= 0.6 is 0 Å². The van der Waals surface area contributed by atoms with E-state index in [4.69, 9.17) is 5.73 Å². The molecule has 2 N–H and O–H groups in total. The van der Waals surface area contributed by atoms with Crippen LogP contribution in [0.3, 0.4) is 0 Å². The van der Waals surface area contributed by atoms with E-state index in [-0.39, 0.29) is 5.54 Å². The Morgan fingerprint density at radius 3 is 2.56 bits per heavy atom. The van der Waals surface area contributed by atoms with E-state index in [9.17, 15) is 0 Å². The summed E-state index contributed by atoms with van der Waals surface area (Å²) in [7, 11) is 0. The monoisotopic (exact) mass is 215 g/mol. The van der Waals surface area contributed by atoms with E-state index in [0.29, 0.717) is 0 Å². The first-order valence-corrected chi connectivity index (χ1v) is 5.79. The third-order valence-corrected chi connectivity index (χ3v) is 2.75. The van der Waals surface area contributed by atoms with Crippen LogP contribution in [-0.4, -0.2) is 9.97 Å². The minimum absolute atomic E-state index is 0.149. The molecule has 84 valence electrons. The van der Waals surface area contributed by atoms with E-state index in [0.717, 1.165) is 29.6 Å². The van der Waals surface area contributed by atoms with Gasteiger partial charge >= 0.3 is 0 Å². The zero-order valence-corrected chi connectivity index (χ0v) is 9.77. The molecule has 3 heteroatoms. The van der Waals surface area contributed by atoms with Crippen LogP contribution in [0, 0.1) is 0 Å². The number of pyridine rings is 2. The fourth-order valence-electron chi connectivity index (χ4n) is 1.62. The predicted molar refractivity (Wildman–Crippen MR) is 66.0 cm³/mol. The van der Waals surface area contributed by atoms with Crippen molar-refractivity contribution in [1.29, 1.82) is 0 Å². The van der Waals surface area contributed by atoms with Gasteiger partial charge in [0.25, 0.3) is 0 Å². The van der Waals surface area contributed by atoms with E-state index in [2.05, 4.69) is 9.97 Å². The summed E-state index contributed by atoms with van der Waals surface area (Å²) in [5, 5.41) is 0. The highest BCUT2D eigenvalue weighted by Crippen LogP contribution is 2.41. The smallest absolute Gasteiger partial charge is 0.0890 e. The Kier molecular flexibility index (Phi) is 2.88. The van der Waals surface area contributed by atoms with Gasteiger partial charge in [0, 0.05) is 6.20 Å².